The third-order valence-electron chi connectivity index (χ3n) is 3.39. The lowest BCUT2D eigenvalue weighted by Crippen LogP contribution is -2.36. The maximum atomic E-state index is 11.5. The molecule has 0 aromatic heterocycles. The summed E-state index contributed by atoms with van der Waals surface area (Å²) in [4.78, 5) is 0. The molecule has 0 aliphatic heterocycles. The fourth-order valence-electron chi connectivity index (χ4n) is 2.16. The Morgan fingerprint density at radius 2 is 2.13 bits per heavy atom. The molecule has 1 aliphatic rings. The van der Waals surface area contributed by atoms with Crippen LogP contribution in [0.4, 0.5) is 0 Å². The lowest BCUT2D eigenvalue weighted by Gasteiger charge is -2.31. The minimum Gasteiger partial charge on any atom is -0.228 e. The lowest BCUT2D eigenvalue weighted by atomic mass is 9.80. The number of nitrogens with two attached hydrogens (primary N) is 1. The molecule has 1 fully saturated rings. The molecule has 1 saturated carbocycles. The Hall–Kier alpha value is -0.350. The summed E-state index contributed by atoms with van der Waals surface area (Å²) in [5.74, 6) is 0.652. The number of rotatable bonds is 6. The van der Waals surface area contributed by atoms with Gasteiger partial charge >= 0.3 is 0 Å². The van der Waals surface area contributed by atoms with Crippen LogP contribution in [0.1, 0.15) is 39.0 Å². The van der Waals surface area contributed by atoms with E-state index in [1.54, 1.807) is 6.08 Å². The molecule has 0 heterocycles. The van der Waals surface area contributed by atoms with Crippen molar-refractivity contribution in [2.45, 2.75) is 44.3 Å². The maximum absolute atomic E-state index is 11.5. The van der Waals surface area contributed by atoms with E-state index in [1.807, 2.05) is 6.92 Å². The molecule has 1 rings (SSSR count). The van der Waals surface area contributed by atoms with Crippen LogP contribution in [-0.4, -0.2) is 13.7 Å². The van der Waals surface area contributed by atoms with Gasteiger partial charge in [0.2, 0.25) is 10.0 Å². The van der Waals surface area contributed by atoms with Gasteiger partial charge in [0.1, 0.15) is 0 Å². The molecule has 0 aromatic rings. The quantitative estimate of drug-likeness (QED) is 0.711. The van der Waals surface area contributed by atoms with Gasteiger partial charge in [-0.25, -0.2) is 13.6 Å². The van der Waals surface area contributed by atoms with E-state index in [0.717, 1.165) is 19.3 Å². The van der Waals surface area contributed by atoms with Crippen LogP contribution in [0.25, 0.3) is 0 Å². The zero-order valence-electron chi connectivity index (χ0n) is 9.35. The molecular weight excluding hydrogens is 210 g/mol. The second kappa shape index (κ2) is 5.12. The SMILES string of the molecule is C=CC[C@H](C)[C@H](CC1CCC1)S(N)(=O)=O. The van der Waals surface area contributed by atoms with Crippen molar-refractivity contribution in [3.05, 3.63) is 12.7 Å². The van der Waals surface area contributed by atoms with E-state index in [4.69, 9.17) is 5.14 Å². The van der Waals surface area contributed by atoms with Crippen molar-refractivity contribution in [1.82, 2.24) is 0 Å². The largest absolute Gasteiger partial charge is 0.228 e. The molecule has 0 spiro atoms. The van der Waals surface area contributed by atoms with E-state index in [2.05, 4.69) is 6.58 Å². The molecule has 88 valence electrons. The van der Waals surface area contributed by atoms with Crippen LogP contribution < -0.4 is 5.14 Å². The standard InChI is InChI=1S/C11H21NO2S/c1-3-5-9(2)11(15(12,13)14)8-10-6-4-7-10/h3,9-11H,1,4-8H2,2H3,(H2,12,13,14)/t9-,11-/m0/s1. The Kier molecular flexibility index (Phi) is 4.34. The Morgan fingerprint density at radius 3 is 2.47 bits per heavy atom. The van der Waals surface area contributed by atoms with Gasteiger partial charge in [-0.3, -0.25) is 0 Å². The van der Waals surface area contributed by atoms with Crippen molar-refractivity contribution in [1.29, 1.82) is 0 Å². The number of hydrogen-bond donors (Lipinski definition) is 1. The van der Waals surface area contributed by atoms with Crippen molar-refractivity contribution in [3.63, 3.8) is 0 Å². The minimum absolute atomic E-state index is 0.0816. The molecule has 1 aliphatic carbocycles. The first-order chi connectivity index (χ1) is 6.95. The molecule has 15 heavy (non-hydrogen) atoms. The summed E-state index contributed by atoms with van der Waals surface area (Å²) >= 11 is 0. The van der Waals surface area contributed by atoms with Gasteiger partial charge in [-0.1, -0.05) is 32.3 Å². The van der Waals surface area contributed by atoms with E-state index < -0.39 is 10.0 Å². The highest BCUT2D eigenvalue weighted by molar-refractivity contribution is 7.89. The summed E-state index contributed by atoms with van der Waals surface area (Å²) in [5.41, 5.74) is 0. The van der Waals surface area contributed by atoms with Gasteiger partial charge in [0, 0.05) is 0 Å². The van der Waals surface area contributed by atoms with Crippen molar-refractivity contribution in [2.24, 2.45) is 17.0 Å². The van der Waals surface area contributed by atoms with Crippen molar-refractivity contribution < 1.29 is 8.42 Å². The first-order valence-electron chi connectivity index (χ1n) is 5.57. The first-order valence-corrected chi connectivity index (χ1v) is 7.18. The Labute approximate surface area is 92.8 Å². The summed E-state index contributed by atoms with van der Waals surface area (Å²) in [7, 11) is -3.41. The summed E-state index contributed by atoms with van der Waals surface area (Å²) in [5, 5.41) is 4.89. The lowest BCUT2D eigenvalue weighted by molar-refractivity contribution is 0.274. The Balaban J connectivity index is 2.63. The highest BCUT2D eigenvalue weighted by atomic mass is 32.2. The minimum atomic E-state index is -3.41. The van der Waals surface area contributed by atoms with Crippen LogP contribution in [0.2, 0.25) is 0 Å². The van der Waals surface area contributed by atoms with Gasteiger partial charge in [0.25, 0.3) is 0 Å². The summed E-state index contributed by atoms with van der Waals surface area (Å²) in [6, 6.07) is 0. The topological polar surface area (TPSA) is 60.2 Å². The summed E-state index contributed by atoms with van der Waals surface area (Å²) in [6.45, 7) is 5.58. The van der Waals surface area contributed by atoms with Crippen molar-refractivity contribution in [2.75, 3.05) is 0 Å². The average molecular weight is 231 g/mol. The van der Waals surface area contributed by atoms with Gasteiger partial charge in [-0.15, -0.1) is 6.58 Å². The molecule has 0 radical (unpaired) electrons. The maximum Gasteiger partial charge on any atom is 0.212 e. The Bertz CT molecular complexity index is 307. The number of primary sulfonamides is 1. The Morgan fingerprint density at radius 1 is 1.53 bits per heavy atom. The molecule has 2 atom stereocenters. The molecular formula is C11H21NO2S. The van der Waals surface area contributed by atoms with Gasteiger partial charge in [0.15, 0.2) is 0 Å². The molecule has 2 N–H and O–H groups in total. The van der Waals surface area contributed by atoms with E-state index >= 15 is 0 Å². The van der Waals surface area contributed by atoms with Gasteiger partial charge in [0.05, 0.1) is 5.25 Å². The predicted octanol–water partition coefficient (Wildman–Crippen LogP) is 2.05. The number of sulfonamides is 1. The second-order valence-corrected chi connectivity index (χ2v) is 6.45. The normalized spacial score (nSPS) is 21.7. The average Bonchev–Trinajstić information content (AvgIpc) is 1.99. The monoisotopic (exact) mass is 231 g/mol. The van der Waals surface area contributed by atoms with Gasteiger partial charge in [-0.05, 0) is 24.7 Å². The van der Waals surface area contributed by atoms with Crippen molar-refractivity contribution >= 4 is 10.0 Å². The summed E-state index contributed by atoms with van der Waals surface area (Å²) in [6.07, 6.45) is 6.77. The zero-order chi connectivity index (χ0) is 11.5. The highest BCUT2D eigenvalue weighted by Gasteiger charge is 2.32. The first kappa shape index (κ1) is 12.7. The molecule has 4 heteroatoms. The molecule has 0 saturated heterocycles. The fourth-order valence-corrected chi connectivity index (χ4v) is 3.46. The third-order valence-corrected chi connectivity index (χ3v) is 4.89. The molecule has 0 amide bonds. The molecule has 0 aromatic carbocycles. The molecule has 0 bridgehead atoms. The predicted molar refractivity (Wildman–Crippen MR) is 62.8 cm³/mol. The van der Waals surface area contributed by atoms with Crippen LogP contribution in [0.3, 0.4) is 0 Å². The van der Waals surface area contributed by atoms with Crippen LogP contribution >= 0.6 is 0 Å². The van der Waals surface area contributed by atoms with Crippen LogP contribution in [0.15, 0.2) is 12.7 Å². The number of allylic oxidation sites excluding steroid dienone is 1. The second-order valence-electron chi connectivity index (χ2n) is 4.66. The van der Waals surface area contributed by atoms with E-state index in [0.29, 0.717) is 12.3 Å². The highest BCUT2D eigenvalue weighted by Crippen LogP contribution is 2.34. The van der Waals surface area contributed by atoms with Crippen LogP contribution in [0, 0.1) is 11.8 Å². The fraction of sp³-hybridized carbons (Fsp3) is 0.818. The van der Waals surface area contributed by atoms with E-state index in [-0.39, 0.29) is 11.2 Å². The van der Waals surface area contributed by atoms with E-state index in [9.17, 15) is 8.42 Å². The smallest absolute Gasteiger partial charge is 0.212 e. The number of hydrogen-bond acceptors (Lipinski definition) is 2. The zero-order valence-corrected chi connectivity index (χ0v) is 10.2. The van der Waals surface area contributed by atoms with Crippen LogP contribution in [0.5, 0.6) is 0 Å². The third kappa shape index (κ3) is 3.61. The summed E-state index contributed by atoms with van der Waals surface area (Å²) < 4.78 is 22.9. The van der Waals surface area contributed by atoms with E-state index in [1.165, 1.54) is 6.42 Å². The van der Waals surface area contributed by atoms with Gasteiger partial charge < -0.3 is 0 Å². The van der Waals surface area contributed by atoms with Crippen molar-refractivity contribution in [3.8, 4) is 0 Å². The van der Waals surface area contributed by atoms with Crippen LogP contribution in [-0.2, 0) is 10.0 Å². The molecule has 3 nitrogen and oxygen atoms in total. The van der Waals surface area contributed by atoms with Gasteiger partial charge in [-0.2, -0.15) is 0 Å². The molecule has 0 unspecified atom stereocenters.